The zero-order chi connectivity index (χ0) is 22.0. The zero-order valence-corrected chi connectivity index (χ0v) is 19.5. The average molecular weight is 437 g/mol. The lowest BCUT2D eigenvalue weighted by Gasteiger charge is -2.26. The van der Waals surface area contributed by atoms with Crippen LogP contribution in [0.1, 0.15) is 69.4 Å². The minimum Gasteiger partial charge on any atom is -0.326 e. The highest BCUT2D eigenvalue weighted by molar-refractivity contribution is 8.00. The van der Waals surface area contributed by atoms with Gasteiger partial charge in [-0.3, -0.25) is 14.5 Å². The number of anilines is 2. The van der Waals surface area contributed by atoms with Crippen molar-refractivity contribution in [1.82, 2.24) is 0 Å². The van der Waals surface area contributed by atoms with Crippen molar-refractivity contribution in [1.29, 1.82) is 0 Å². The monoisotopic (exact) mass is 436 g/mol. The van der Waals surface area contributed by atoms with Gasteiger partial charge in [0.2, 0.25) is 11.8 Å². The van der Waals surface area contributed by atoms with E-state index in [4.69, 9.17) is 0 Å². The molecule has 1 aliphatic heterocycles. The highest BCUT2D eigenvalue weighted by Gasteiger charge is 2.34. The van der Waals surface area contributed by atoms with Crippen LogP contribution < -0.4 is 10.2 Å². The number of carbonyl (C=O) groups excluding carboxylic acids is 2. The second-order valence-electron chi connectivity index (χ2n) is 9.67. The van der Waals surface area contributed by atoms with E-state index in [9.17, 15) is 9.59 Å². The number of hydrogen-bond acceptors (Lipinski definition) is 3. The molecule has 1 saturated heterocycles. The van der Waals surface area contributed by atoms with Crippen LogP contribution in [0.4, 0.5) is 11.4 Å². The molecule has 4 nitrogen and oxygen atoms in total. The molecule has 1 heterocycles. The van der Waals surface area contributed by atoms with Crippen molar-refractivity contribution in [3.63, 3.8) is 0 Å². The number of nitrogens with zero attached hydrogens (tertiary/aromatic N) is 1. The highest BCUT2D eigenvalue weighted by Crippen LogP contribution is 2.42. The molecule has 2 aromatic rings. The summed E-state index contributed by atoms with van der Waals surface area (Å²) in [5, 5.41) is 3.03. The molecule has 0 aromatic heterocycles. The van der Waals surface area contributed by atoms with Crippen LogP contribution in [0, 0.1) is 5.92 Å². The van der Waals surface area contributed by atoms with Gasteiger partial charge in [-0.1, -0.05) is 64.3 Å². The summed E-state index contributed by atoms with van der Waals surface area (Å²) < 4.78 is 0. The Morgan fingerprint density at radius 2 is 1.74 bits per heavy atom. The van der Waals surface area contributed by atoms with Gasteiger partial charge < -0.3 is 5.32 Å². The number of rotatable bonds is 4. The standard InChI is InChI=1S/C26H32N2O2S/c1-26(2,3)20-12-14-22(15-13-20)28-23(29)17-31-25(28)19-10-7-11-21(16-19)27-24(30)18-8-5-4-6-9-18/h7,10-16,18,25H,4-6,8-9,17H2,1-3H3,(H,27,30)/t25-/m0/s1. The van der Waals surface area contributed by atoms with Gasteiger partial charge in [0, 0.05) is 17.3 Å². The molecular weight excluding hydrogens is 404 g/mol. The van der Waals surface area contributed by atoms with Crippen molar-refractivity contribution in [2.45, 2.75) is 63.7 Å². The molecule has 1 N–H and O–H groups in total. The largest absolute Gasteiger partial charge is 0.326 e. The molecule has 5 heteroatoms. The molecule has 1 aliphatic carbocycles. The predicted octanol–water partition coefficient (Wildman–Crippen LogP) is 6.28. The Labute approximate surface area is 189 Å². The van der Waals surface area contributed by atoms with Crippen molar-refractivity contribution in [2.75, 3.05) is 16.0 Å². The Bertz CT molecular complexity index is 943. The first-order chi connectivity index (χ1) is 14.8. The predicted molar refractivity (Wildman–Crippen MR) is 129 cm³/mol. The summed E-state index contributed by atoms with van der Waals surface area (Å²) in [6.45, 7) is 6.57. The highest BCUT2D eigenvalue weighted by atomic mass is 32.2. The molecule has 2 amide bonds. The number of amides is 2. The van der Waals surface area contributed by atoms with Gasteiger partial charge in [0.15, 0.2) is 0 Å². The SMILES string of the molecule is CC(C)(C)c1ccc(N2C(=O)CS[C@H]2c2cccc(NC(=O)C3CCCCC3)c2)cc1. The van der Waals surface area contributed by atoms with Gasteiger partial charge in [0.25, 0.3) is 0 Å². The van der Waals surface area contributed by atoms with Crippen LogP contribution in [0.25, 0.3) is 0 Å². The molecule has 0 radical (unpaired) electrons. The molecular formula is C26H32N2O2S. The van der Waals surface area contributed by atoms with Crippen molar-refractivity contribution in [3.05, 3.63) is 59.7 Å². The van der Waals surface area contributed by atoms with Crippen LogP contribution in [0.2, 0.25) is 0 Å². The van der Waals surface area contributed by atoms with E-state index in [1.54, 1.807) is 11.8 Å². The van der Waals surface area contributed by atoms with Gasteiger partial charge in [0.05, 0.1) is 5.75 Å². The van der Waals surface area contributed by atoms with Gasteiger partial charge in [0.1, 0.15) is 5.37 Å². The van der Waals surface area contributed by atoms with Crippen LogP contribution in [-0.2, 0) is 15.0 Å². The fourth-order valence-electron chi connectivity index (χ4n) is 4.45. The van der Waals surface area contributed by atoms with Gasteiger partial charge in [-0.05, 0) is 53.6 Å². The maximum absolute atomic E-state index is 12.7. The molecule has 0 spiro atoms. The van der Waals surface area contributed by atoms with Crippen LogP contribution in [0.15, 0.2) is 48.5 Å². The van der Waals surface area contributed by atoms with E-state index >= 15 is 0 Å². The fraction of sp³-hybridized carbons (Fsp3) is 0.462. The fourth-order valence-corrected chi connectivity index (χ4v) is 5.62. The first-order valence-electron chi connectivity index (χ1n) is 11.3. The second-order valence-corrected chi connectivity index (χ2v) is 10.7. The van der Waals surface area contributed by atoms with E-state index in [2.05, 4.69) is 38.2 Å². The molecule has 164 valence electrons. The lowest BCUT2D eigenvalue weighted by Crippen LogP contribution is -2.28. The zero-order valence-electron chi connectivity index (χ0n) is 18.7. The third-order valence-electron chi connectivity index (χ3n) is 6.29. The topological polar surface area (TPSA) is 49.4 Å². The smallest absolute Gasteiger partial charge is 0.238 e. The van der Waals surface area contributed by atoms with Crippen LogP contribution >= 0.6 is 11.8 Å². The van der Waals surface area contributed by atoms with E-state index in [1.807, 2.05) is 41.3 Å². The summed E-state index contributed by atoms with van der Waals surface area (Å²) >= 11 is 1.64. The number of carbonyl (C=O) groups is 2. The summed E-state index contributed by atoms with van der Waals surface area (Å²) in [4.78, 5) is 27.3. The van der Waals surface area contributed by atoms with Crippen LogP contribution in [-0.4, -0.2) is 17.6 Å². The molecule has 4 rings (SSSR count). The molecule has 2 fully saturated rings. The lowest BCUT2D eigenvalue weighted by atomic mass is 9.87. The molecule has 1 atom stereocenters. The van der Waals surface area contributed by atoms with E-state index in [-0.39, 0.29) is 28.5 Å². The van der Waals surface area contributed by atoms with E-state index in [1.165, 1.54) is 12.0 Å². The molecule has 0 bridgehead atoms. The third-order valence-corrected chi connectivity index (χ3v) is 7.51. The number of nitrogens with one attached hydrogen (secondary N) is 1. The van der Waals surface area contributed by atoms with Gasteiger partial charge in [-0.2, -0.15) is 0 Å². The maximum Gasteiger partial charge on any atom is 0.238 e. The molecule has 0 unspecified atom stereocenters. The normalized spacial score (nSPS) is 20.2. The Hall–Kier alpha value is -2.27. The summed E-state index contributed by atoms with van der Waals surface area (Å²) in [5.74, 6) is 0.833. The average Bonchev–Trinajstić information content (AvgIpc) is 3.15. The molecule has 31 heavy (non-hydrogen) atoms. The molecule has 2 aliphatic rings. The number of thioether (sulfide) groups is 1. The van der Waals surface area contributed by atoms with Gasteiger partial charge in [-0.25, -0.2) is 0 Å². The maximum atomic E-state index is 12.7. The minimum atomic E-state index is -0.0838. The van der Waals surface area contributed by atoms with Crippen LogP contribution in [0.5, 0.6) is 0 Å². The Morgan fingerprint density at radius 3 is 2.42 bits per heavy atom. The van der Waals surface area contributed by atoms with Gasteiger partial charge >= 0.3 is 0 Å². The Kier molecular flexibility index (Phi) is 6.42. The molecule has 2 aromatic carbocycles. The van der Waals surface area contributed by atoms with Gasteiger partial charge in [-0.15, -0.1) is 11.8 Å². The quantitative estimate of drug-likeness (QED) is 0.613. The number of hydrogen-bond donors (Lipinski definition) is 1. The van der Waals surface area contributed by atoms with Crippen molar-refractivity contribution >= 4 is 35.0 Å². The minimum absolute atomic E-state index is 0.0760. The van der Waals surface area contributed by atoms with Crippen LogP contribution in [0.3, 0.4) is 0 Å². The number of benzene rings is 2. The Morgan fingerprint density at radius 1 is 1.03 bits per heavy atom. The van der Waals surface area contributed by atoms with Crippen molar-refractivity contribution in [2.24, 2.45) is 5.92 Å². The first kappa shape index (κ1) is 21.9. The van der Waals surface area contributed by atoms with E-state index < -0.39 is 0 Å². The third kappa shape index (κ3) is 4.98. The Balaban J connectivity index is 1.53. The molecule has 1 saturated carbocycles. The first-order valence-corrected chi connectivity index (χ1v) is 12.3. The second kappa shape index (κ2) is 9.07. The summed E-state index contributed by atoms with van der Waals surface area (Å²) in [6.07, 6.45) is 5.48. The summed E-state index contributed by atoms with van der Waals surface area (Å²) in [7, 11) is 0. The summed E-state index contributed by atoms with van der Waals surface area (Å²) in [5.41, 5.74) is 4.10. The van der Waals surface area contributed by atoms with Crippen molar-refractivity contribution < 1.29 is 9.59 Å². The van der Waals surface area contributed by atoms with E-state index in [0.717, 1.165) is 42.6 Å². The van der Waals surface area contributed by atoms with E-state index in [0.29, 0.717) is 5.75 Å². The van der Waals surface area contributed by atoms with Crippen molar-refractivity contribution in [3.8, 4) is 0 Å². The summed E-state index contributed by atoms with van der Waals surface area (Å²) in [6, 6.07) is 16.3. The lowest BCUT2D eigenvalue weighted by molar-refractivity contribution is -0.120.